The molecule has 4 rings (SSSR count). The Morgan fingerprint density at radius 3 is 2.64 bits per heavy atom. The van der Waals surface area contributed by atoms with Crippen LogP contribution >= 0.6 is 0 Å². The molecule has 150 valence electrons. The number of halogens is 1. The van der Waals surface area contributed by atoms with Crippen molar-refractivity contribution in [2.45, 2.75) is 49.9 Å². The molecule has 1 aliphatic carbocycles. The zero-order chi connectivity index (χ0) is 19.6. The van der Waals surface area contributed by atoms with E-state index in [4.69, 9.17) is 14.2 Å². The van der Waals surface area contributed by atoms with Crippen LogP contribution in [-0.2, 0) is 21.4 Å². The van der Waals surface area contributed by atoms with Crippen LogP contribution in [0.25, 0.3) is 0 Å². The van der Waals surface area contributed by atoms with Crippen LogP contribution in [-0.4, -0.2) is 47.8 Å². The standard InChI is InChI=1S/C21H26FN3O3/c1-27-13-10-21(20-23-19(28-24-20)16-4-5-16)8-11-25(12-9-21)18(26)14-15-2-6-17(22)7-3-15/h2-3,6-7,16H,4-5,8-14H2,1H3. The molecular weight excluding hydrogens is 361 g/mol. The highest BCUT2D eigenvalue weighted by atomic mass is 19.1. The number of piperidine rings is 1. The molecule has 2 aromatic rings. The minimum absolute atomic E-state index is 0.0683. The molecule has 0 N–H and O–H groups in total. The summed E-state index contributed by atoms with van der Waals surface area (Å²) in [6, 6.07) is 6.11. The summed E-state index contributed by atoms with van der Waals surface area (Å²) in [6.07, 6.45) is 4.92. The monoisotopic (exact) mass is 387 g/mol. The first kappa shape index (κ1) is 19.1. The first-order valence-corrected chi connectivity index (χ1v) is 9.95. The second kappa shape index (κ2) is 7.99. The van der Waals surface area contributed by atoms with Gasteiger partial charge in [0.2, 0.25) is 11.8 Å². The summed E-state index contributed by atoms with van der Waals surface area (Å²) in [5, 5.41) is 4.29. The number of carbonyl (C=O) groups excluding carboxylic acids is 1. The van der Waals surface area contributed by atoms with Crippen LogP contribution in [0.4, 0.5) is 4.39 Å². The van der Waals surface area contributed by atoms with E-state index in [1.165, 1.54) is 12.1 Å². The number of ether oxygens (including phenoxy) is 1. The molecular formula is C21H26FN3O3. The summed E-state index contributed by atoms with van der Waals surface area (Å²) < 4.78 is 23.9. The molecule has 0 unspecified atom stereocenters. The van der Waals surface area contributed by atoms with E-state index in [1.807, 2.05) is 4.90 Å². The van der Waals surface area contributed by atoms with Crippen molar-refractivity contribution >= 4 is 5.91 Å². The third kappa shape index (κ3) is 4.09. The number of nitrogens with zero attached hydrogens (tertiary/aromatic N) is 3. The van der Waals surface area contributed by atoms with Crippen molar-refractivity contribution < 1.29 is 18.4 Å². The largest absolute Gasteiger partial charge is 0.385 e. The molecule has 1 saturated heterocycles. The lowest BCUT2D eigenvalue weighted by atomic mass is 9.75. The number of aromatic nitrogens is 2. The van der Waals surface area contributed by atoms with Gasteiger partial charge < -0.3 is 14.2 Å². The van der Waals surface area contributed by atoms with E-state index < -0.39 is 0 Å². The maximum absolute atomic E-state index is 13.1. The number of carbonyl (C=O) groups is 1. The van der Waals surface area contributed by atoms with Gasteiger partial charge in [-0.15, -0.1) is 0 Å². The van der Waals surface area contributed by atoms with Gasteiger partial charge in [0.05, 0.1) is 6.42 Å². The van der Waals surface area contributed by atoms with Gasteiger partial charge in [-0.3, -0.25) is 4.79 Å². The average molecular weight is 387 g/mol. The smallest absolute Gasteiger partial charge is 0.229 e. The average Bonchev–Trinajstić information content (AvgIpc) is 3.45. The second-order valence-electron chi connectivity index (χ2n) is 7.94. The normalized spacial score (nSPS) is 19.0. The third-order valence-corrected chi connectivity index (χ3v) is 5.97. The number of likely N-dealkylation sites (tertiary alicyclic amines) is 1. The summed E-state index contributed by atoms with van der Waals surface area (Å²) in [4.78, 5) is 19.3. The fourth-order valence-electron chi connectivity index (χ4n) is 3.90. The Morgan fingerprint density at radius 2 is 2.00 bits per heavy atom. The number of hydrogen-bond donors (Lipinski definition) is 0. The van der Waals surface area contributed by atoms with Crippen LogP contribution in [0.5, 0.6) is 0 Å². The fourth-order valence-corrected chi connectivity index (χ4v) is 3.90. The van der Waals surface area contributed by atoms with Gasteiger partial charge in [0.25, 0.3) is 0 Å². The molecule has 6 nitrogen and oxygen atoms in total. The van der Waals surface area contributed by atoms with Gasteiger partial charge in [0.15, 0.2) is 5.82 Å². The first-order valence-electron chi connectivity index (χ1n) is 9.95. The minimum Gasteiger partial charge on any atom is -0.385 e. The minimum atomic E-state index is -0.289. The fraction of sp³-hybridized carbons (Fsp3) is 0.571. The quantitative estimate of drug-likeness (QED) is 0.730. The molecule has 0 spiro atoms. The van der Waals surface area contributed by atoms with E-state index in [9.17, 15) is 9.18 Å². The Kier molecular flexibility index (Phi) is 5.44. The van der Waals surface area contributed by atoms with Crippen molar-refractivity contribution in [2.75, 3.05) is 26.8 Å². The lowest BCUT2D eigenvalue weighted by Gasteiger charge is -2.40. The molecule has 2 aliphatic rings. The summed E-state index contributed by atoms with van der Waals surface area (Å²) in [6.45, 7) is 1.92. The Morgan fingerprint density at radius 1 is 1.29 bits per heavy atom. The SMILES string of the molecule is COCCC1(c2noc(C3CC3)n2)CCN(C(=O)Cc2ccc(F)cc2)CC1. The van der Waals surface area contributed by atoms with Crippen molar-refractivity contribution in [1.82, 2.24) is 15.0 Å². The zero-order valence-electron chi connectivity index (χ0n) is 16.2. The third-order valence-electron chi connectivity index (χ3n) is 5.97. The van der Waals surface area contributed by atoms with Gasteiger partial charge in [-0.1, -0.05) is 17.3 Å². The highest BCUT2D eigenvalue weighted by Crippen LogP contribution is 2.42. The Hall–Kier alpha value is -2.28. The number of benzene rings is 1. The van der Waals surface area contributed by atoms with E-state index in [1.54, 1.807) is 19.2 Å². The molecule has 1 saturated carbocycles. The lowest BCUT2D eigenvalue weighted by molar-refractivity contribution is -0.132. The van der Waals surface area contributed by atoms with Crippen LogP contribution in [0.2, 0.25) is 0 Å². The van der Waals surface area contributed by atoms with Crippen molar-refractivity contribution in [1.29, 1.82) is 0 Å². The zero-order valence-corrected chi connectivity index (χ0v) is 16.2. The van der Waals surface area contributed by atoms with Crippen molar-refractivity contribution in [3.05, 3.63) is 47.4 Å². The van der Waals surface area contributed by atoms with E-state index in [2.05, 4.69) is 5.16 Å². The highest BCUT2D eigenvalue weighted by Gasteiger charge is 2.42. The van der Waals surface area contributed by atoms with E-state index in [0.717, 1.165) is 49.4 Å². The van der Waals surface area contributed by atoms with Gasteiger partial charge in [-0.25, -0.2) is 4.39 Å². The molecule has 2 heterocycles. The second-order valence-corrected chi connectivity index (χ2v) is 7.94. The van der Waals surface area contributed by atoms with Crippen LogP contribution in [0, 0.1) is 5.82 Å². The van der Waals surface area contributed by atoms with Gasteiger partial charge in [0, 0.05) is 38.1 Å². The Balaban J connectivity index is 1.42. The number of methoxy groups -OCH3 is 1. The molecule has 0 bridgehead atoms. The van der Waals surface area contributed by atoms with Gasteiger partial charge in [0.1, 0.15) is 5.82 Å². The van der Waals surface area contributed by atoms with E-state index >= 15 is 0 Å². The summed E-state index contributed by atoms with van der Waals surface area (Å²) in [7, 11) is 1.70. The molecule has 1 aromatic heterocycles. The Labute approximate surface area is 164 Å². The number of hydrogen-bond acceptors (Lipinski definition) is 5. The number of amides is 1. The molecule has 0 radical (unpaired) electrons. The Bertz CT molecular complexity index is 809. The van der Waals surface area contributed by atoms with E-state index in [0.29, 0.717) is 32.0 Å². The maximum atomic E-state index is 13.1. The topological polar surface area (TPSA) is 68.5 Å². The molecule has 28 heavy (non-hydrogen) atoms. The van der Waals surface area contributed by atoms with Crippen LogP contribution < -0.4 is 0 Å². The molecule has 1 amide bonds. The number of rotatable bonds is 7. The highest BCUT2D eigenvalue weighted by molar-refractivity contribution is 5.78. The predicted molar refractivity (Wildman–Crippen MR) is 100 cm³/mol. The lowest BCUT2D eigenvalue weighted by Crippen LogP contribution is -2.46. The summed E-state index contributed by atoms with van der Waals surface area (Å²) >= 11 is 0. The summed E-state index contributed by atoms with van der Waals surface area (Å²) in [5.41, 5.74) is 0.620. The van der Waals surface area contributed by atoms with Gasteiger partial charge in [-0.05, 0) is 49.8 Å². The predicted octanol–water partition coefficient (Wildman–Crippen LogP) is 3.23. The van der Waals surface area contributed by atoms with Crippen LogP contribution in [0.1, 0.15) is 55.3 Å². The molecule has 1 aromatic carbocycles. The molecule has 7 heteroatoms. The summed E-state index contributed by atoms with van der Waals surface area (Å²) in [5.74, 6) is 1.72. The van der Waals surface area contributed by atoms with Crippen molar-refractivity contribution in [3.8, 4) is 0 Å². The molecule has 1 aliphatic heterocycles. The van der Waals surface area contributed by atoms with Crippen molar-refractivity contribution in [2.24, 2.45) is 0 Å². The van der Waals surface area contributed by atoms with Crippen LogP contribution in [0.3, 0.4) is 0 Å². The van der Waals surface area contributed by atoms with Crippen LogP contribution in [0.15, 0.2) is 28.8 Å². The maximum Gasteiger partial charge on any atom is 0.229 e. The first-order chi connectivity index (χ1) is 13.6. The van der Waals surface area contributed by atoms with E-state index in [-0.39, 0.29) is 17.1 Å². The van der Waals surface area contributed by atoms with Crippen molar-refractivity contribution in [3.63, 3.8) is 0 Å². The van der Waals surface area contributed by atoms with Gasteiger partial charge >= 0.3 is 0 Å². The van der Waals surface area contributed by atoms with Gasteiger partial charge in [-0.2, -0.15) is 4.98 Å². The molecule has 2 fully saturated rings. The molecule has 0 atom stereocenters.